The number of nitrogens with one attached hydrogen (secondary N) is 2. The number of rotatable bonds is 10. The molecule has 1 unspecified atom stereocenters. The number of hydrogen-bond donors (Lipinski definition) is 3. The third-order valence-electron chi connectivity index (χ3n) is 3.96. The first-order valence-corrected chi connectivity index (χ1v) is 9.17. The lowest BCUT2D eigenvalue weighted by molar-refractivity contribution is 0.108. The molecular weight excluding hydrogens is 328 g/mol. The summed E-state index contributed by atoms with van der Waals surface area (Å²) < 4.78 is 5.45. The molecule has 0 bridgehead atoms. The summed E-state index contributed by atoms with van der Waals surface area (Å²) in [6.45, 7) is 2.43. The van der Waals surface area contributed by atoms with Crippen molar-refractivity contribution in [1.29, 1.82) is 0 Å². The fourth-order valence-electron chi connectivity index (χ4n) is 2.49. The van der Waals surface area contributed by atoms with E-state index in [-0.39, 0.29) is 19.2 Å². The van der Waals surface area contributed by atoms with Gasteiger partial charge in [-0.1, -0.05) is 50.1 Å². The number of aliphatic hydroxyl groups excluding tert-OH is 1. The highest BCUT2D eigenvalue weighted by molar-refractivity contribution is 5.89. The predicted molar refractivity (Wildman–Crippen MR) is 105 cm³/mol. The third-order valence-corrected chi connectivity index (χ3v) is 3.96. The van der Waals surface area contributed by atoms with Crippen molar-refractivity contribution >= 4 is 11.7 Å². The Morgan fingerprint density at radius 3 is 2.50 bits per heavy atom. The average Bonchev–Trinajstić information content (AvgIpc) is 2.67. The average molecular weight is 356 g/mol. The molecule has 0 spiro atoms. The molecule has 0 saturated heterocycles. The minimum absolute atomic E-state index is 0.119. The van der Waals surface area contributed by atoms with Crippen molar-refractivity contribution in [1.82, 2.24) is 5.32 Å². The van der Waals surface area contributed by atoms with Gasteiger partial charge < -0.3 is 20.5 Å². The van der Waals surface area contributed by atoms with Gasteiger partial charge in [-0.3, -0.25) is 0 Å². The minimum atomic E-state index is -0.776. The molecule has 140 valence electrons. The van der Waals surface area contributed by atoms with Crippen LogP contribution in [0.4, 0.5) is 10.5 Å². The second-order valence-electron chi connectivity index (χ2n) is 6.27. The van der Waals surface area contributed by atoms with E-state index in [0.717, 1.165) is 12.1 Å². The number of carbonyl (C=O) groups excluding carboxylic acids is 1. The van der Waals surface area contributed by atoms with Crippen LogP contribution >= 0.6 is 0 Å². The summed E-state index contributed by atoms with van der Waals surface area (Å²) in [5.41, 5.74) is 2.01. The molecule has 2 aromatic carbocycles. The van der Waals surface area contributed by atoms with Gasteiger partial charge in [-0.05, 0) is 42.7 Å². The Kier molecular flexibility index (Phi) is 8.49. The van der Waals surface area contributed by atoms with Gasteiger partial charge in [0.05, 0.1) is 0 Å². The number of anilines is 1. The molecule has 5 heteroatoms. The van der Waals surface area contributed by atoms with Crippen LogP contribution in [0.3, 0.4) is 0 Å². The Morgan fingerprint density at radius 1 is 1.08 bits per heavy atom. The fraction of sp³-hybridized carbons (Fsp3) is 0.381. The van der Waals surface area contributed by atoms with E-state index < -0.39 is 6.10 Å². The summed E-state index contributed by atoms with van der Waals surface area (Å²) in [5, 5.41) is 15.3. The van der Waals surface area contributed by atoms with Gasteiger partial charge in [0.25, 0.3) is 0 Å². The van der Waals surface area contributed by atoms with Crippen molar-refractivity contribution in [2.24, 2.45) is 0 Å². The zero-order valence-corrected chi connectivity index (χ0v) is 15.3. The first kappa shape index (κ1) is 19.8. The van der Waals surface area contributed by atoms with Gasteiger partial charge in [0, 0.05) is 12.2 Å². The summed E-state index contributed by atoms with van der Waals surface area (Å²) in [6.07, 6.45) is 3.92. The Labute approximate surface area is 155 Å². The number of aliphatic hydroxyl groups is 1. The maximum Gasteiger partial charge on any atom is 0.319 e. The van der Waals surface area contributed by atoms with E-state index in [1.165, 1.54) is 24.8 Å². The zero-order chi connectivity index (χ0) is 18.6. The van der Waals surface area contributed by atoms with E-state index in [0.29, 0.717) is 5.75 Å². The number of benzene rings is 2. The molecule has 0 saturated carbocycles. The topological polar surface area (TPSA) is 70.6 Å². The first-order chi connectivity index (χ1) is 12.7. The first-order valence-electron chi connectivity index (χ1n) is 9.17. The van der Waals surface area contributed by atoms with Crippen molar-refractivity contribution in [3.8, 4) is 5.75 Å². The highest BCUT2D eigenvalue weighted by Gasteiger charge is 2.08. The van der Waals surface area contributed by atoms with Gasteiger partial charge in [0.15, 0.2) is 0 Å². The van der Waals surface area contributed by atoms with Gasteiger partial charge in [-0.15, -0.1) is 0 Å². The Morgan fingerprint density at radius 2 is 1.81 bits per heavy atom. The Hall–Kier alpha value is -2.53. The predicted octanol–water partition coefficient (Wildman–Crippen LogP) is 3.98. The molecule has 0 heterocycles. The third kappa shape index (κ3) is 7.57. The minimum Gasteiger partial charge on any atom is -0.491 e. The maximum atomic E-state index is 11.9. The number of ether oxygens (including phenoxy) is 1. The maximum absolute atomic E-state index is 11.9. The van der Waals surface area contributed by atoms with Crippen LogP contribution in [-0.2, 0) is 6.42 Å². The number of aryl methyl sites for hydroxylation is 1. The second-order valence-corrected chi connectivity index (χ2v) is 6.27. The van der Waals surface area contributed by atoms with Crippen LogP contribution in [0.15, 0.2) is 54.6 Å². The molecule has 1 atom stereocenters. The van der Waals surface area contributed by atoms with Crippen LogP contribution in [0.5, 0.6) is 5.75 Å². The van der Waals surface area contributed by atoms with Crippen molar-refractivity contribution in [2.45, 2.75) is 38.7 Å². The Balaban J connectivity index is 1.66. The Bertz CT molecular complexity index is 644. The van der Waals surface area contributed by atoms with Crippen LogP contribution in [0.1, 0.15) is 31.7 Å². The molecule has 26 heavy (non-hydrogen) atoms. The quantitative estimate of drug-likeness (QED) is 0.564. The number of carbonyl (C=O) groups is 1. The van der Waals surface area contributed by atoms with E-state index in [1.54, 1.807) is 0 Å². The standard InChI is InChI=1S/C21H28N2O3/c1-2-3-5-8-17-11-13-18(14-12-17)23-21(25)22-15-19(24)16-26-20-9-6-4-7-10-20/h4,6-7,9-14,19,24H,2-3,5,8,15-16H2,1H3,(H2,22,23,25). The van der Waals surface area contributed by atoms with Crippen molar-refractivity contribution in [3.63, 3.8) is 0 Å². The molecule has 0 aliphatic rings. The summed E-state index contributed by atoms with van der Waals surface area (Å²) >= 11 is 0. The number of urea groups is 1. The van der Waals surface area contributed by atoms with Crippen LogP contribution in [0.2, 0.25) is 0 Å². The lowest BCUT2D eigenvalue weighted by atomic mass is 10.1. The van der Waals surface area contributed by atoms with E-state index in [2.05, 4.69) is 17.6 Å². The van der Waals surface area contributed by atoms with E-state index in [1.807, 2.05) is 54.6 Å². The summed E-state index contributed by atoms with van der Waals surface area (Å²) in [7, 11) is 0. The number of amides is 2. The molecule has 0 aromatic heterocycles. The van der Waals surface area contributed by atoms with Crippen LogP contribution in [0, 0.1) is 0 Å². The van der Waals surface area contributed by atoms with E-state index in [4.69, 9.17) is 4.74 Å². The molecule has 0 fully saturated rings. The van der Waals surface area contributed by atoms with Gasteiger partial charge in [0.1, 0.15) is 18.5 Å². The van der Waals surface area contributed by atoms with Crippen LogP contribution < -0.4 is 15.4 Å². The molecule has 5 nitrogen and oxygen atoms in total. The normalized spacial score (nSPS) is 11.6. The van der Waals surface area contributed by atoms with Gasteiger partial charge in [-0.2, -0.15) is 0 Å². The molecule has 0 aliphatic carbocycles. The number of para-hydroxylation sites is 1. The van der Waals surface area contributed by atoms with Crippen LogP contribution in [-0.4, -0.2) is 30.4 Å². The molecule has 0 aliphatic heterocycles. The molecular formula is C21H28N2O3. The highest BCUT2D eigenvalue weighted by atomic mass is 16.5. The van der Waals surface area contributed by atoms with E-state index in [9.17, 15) is 9.90 Å². The molecule has 2 rings (SSSR count). The molecule has 3 N–H and O–H groups in total. The second kappa shape index (κ2) is 11.2. The zero-order valence-electron chi connectivity index (χ0n) is 15.3. The fourth-order valence-corrected chi connectivity index (χ4v) is 2.49. The van der Waals surface area contributed by atoms with Crippen molar-refractivity contribution in [3.05, 3.63) is 60.2 Å². The van der Waals surface area contributed by atoms with Gasteiger partial charge in [-0.25, -0.2) is 4.79 Å². The van der Waals surface area contributed by atoms with Crippen molar-refractivity contribution < 1.29 is 14.6 Å². The van der Waals surface area contributed by atoms with Crippen molar-refractivity contribution in [2.75, 3.05) is 18.5 Å². The highest BCUT2D eigenvalue weighted by Crippen LogP contribution is 2.12. The SMILES string of the molecule is CCCCCc1ccc(NC(=O)NCC(O)COc2ccccc2)cc1. The summed E-state index contributed by atoms with van der Waals surface area (Å²) in [5.74, 6) is 0.690. The van der Waals surface area contributed by atoms with Crippen LogP contribution in [0.25, 0.3) is 0 Å². The van der Waals surface area contributed by atoms with Gasteiger partial charge in [0.2, 0.25) is 0 Å². The van der Waals surface area contributed by atoms with Gasteiger partial charge >= 0.3 is 6.03 Å². The smallest absolute Gasteiger partial charge is 0.319 e. The monoisotopic (exact) mass is 356 g/mol. The summed E-state index contributed by atoms with van der Waals surface area (Å²) in [4.78, 5) is 11.9. The lowest BCUT2D eigenvalue weighted by Crippen LogP contribution is -2.37. The molecule has 0 radical (unpaired) electrons. The lowest BCUT2D eigenvalue weighted by Gasteiger charge is -2.14. The largest absolute Gasteiger partial charge is 0.491 e. The number of unbranched alkanes of at least 4 members (excludes halogenated alkanes) is 2. The number of hydrogen-bond acceptors (Lipinski definition) is 3. The molecule has 2 aromatic rings. The summed E-state index contributed by atoms with van der Waals surface area (Å²) in [6, 6.07) is 16.8. The van der Waals surface area contributed by atoms with E-state index >= 15 is 0 Å². The molecule has 2 amide bonds.